The van der Waals surface area contributed by atoms with Gasteiger partial charge in [-0.15, -0.1) is 0 Å². The molecule has 3 nitrogen and oxygen atoms in total. The van der Waals surface area contributed by atoms with Crippen molar-refractivity contribution in [1.29, 1.82) is 0 Å². The molecule has 1 heterocycles. The predicted molar refractivity (Wildman–Crippen MR) is 79.2 cm³/mol. The number of nitrogens with zero attached hydrogens (tertiary/aromatic N) is 1. The fourth-order valence-electron chi connectivity index (χ4n) is 2.71. The number of likely N-dealkylation sites (tertiary alicyclic amines) is 1. The average molecular weight is 262 g/mol. The van der Waals surface area contributed by atoms with Crippen LogP contribution < -0.4 is 5.73 Å². The summed E-state index contributed by atoms with van der Waals surface area (Å²) in [7, 11) is 1.81. The molecule has 0 bridgehead atoms. The Morgan fingerprint density at radius 3 is 2.42 bits per heavy atom. The van der Waals surface area contributed by atoms with Gasteiger partial charge in [-0.05, 0) is 30.4 Å². The molecule has 1 saturated heterocycles. The highest BCUT2D eigenvalue weighted by atomic mass is 16.5. The Morgan fingerprint density at radius 2 is 1.89 bits per heavy atom. The quantitative estimate of drug-likeness (QED) is 0.885. The van der Waals surface area contributed by atoms with Crippen molar-refractivity contribution in [3.8, 4) is 0 Å². The first kappa shape index (κ1) is 14.5. The largest absolute Gasteiger partial charge is 0.381 e. The third-order valence-corrected chi connectivity index (χ3v) is 4.14. The molecule has 0 radical (unpaired) electrons. The number of piperidine rings is 1. The minimum Gasteiger partial charge on any atom is -0.381 e. The fraction of sp³-hybridized carbons (Fsp3) is 0.625. The van der Waals surface area contributed by atoms with E-state index in [0.717, 1.165) is 38.9 Å². The third kappa shape index (κ3) is 4.03. The molecule has 0 aliphatic carbocycles. The zero-order valence-electron chi connectivity index (χ0n) is 12.1. The lowest BCUT2D eigenvalue weighted by atomic mass is 10.0. The summed E-state index contributed by atoms with van der Waals surface area (Å²) in [5, 5.41) is 0. The van der Waals surface area contributed by atoms with Gasteiger partial charge in [-0.3, -0.25) is 0 Å². The lowest BCUT2D eigenvalue weighted by molar-refractivity contribution is 0.0395. The second-order valence-electron chi connectivity index (χ2n) is 5.44. The summed E-state index contributed by atoms with van der Waals surface area (Å²) < 4.78 is 5.40. The smallest absolute Gasteiger partial charge is 0.0595 e. The average Bonchev–Trinajstić information content (AvgIpc) is 2.48. The van der Waals surface area contributed by atoms with E-state index in [1.54, 1.807) is 7.11 Å². The molecular weight excluding hydrogens is 236 g/mol. The van der Waals surface area contributed by atoms with Gasteiger partial charge in [0.1, 0.15) is 0 Å². The lowest BCUT2D eigenvalue weighted by Crippen LogP contribution is -2.40. The number of aryl methyl sites for hydroxylation is 1. The molecule has 0 saturated carbocycles. The first-order chi connectivity index (χ1) is 9.22. The molecule has 1 unspecified atom stereocenters. The van der Waals surface area contributed by atoms with E-state index in [1.165, 1.54) is 11.1 Å². The maximum Gasteiger partial charge on any atom is 0.0595 e. The van der Waals surface area contributed by atoms with E-state index in [-0.39, 0.29) is 6.04 Å². The zero-order chi connectivity index (χ0) is 13.7. The number of benzene rings is 1. The Balaban J connectivity index is 1.85. The van der Waals surface area contributed by atoms with Gasteiger partial charge >= 0.3 is 0 Å². The Hall–Kier alpha value is -0.900. The van der Waals surface area contributed by atoms with Gasteiger partial charge in [-0.25, -0.2) is 0 Å². The molecule has 0 aromatic heterocycles. The summed E-state index contributed by atoms with van der Waals surface area (Å²) in [6, 6.07) is 8.83. The van der Waals surface area contributed by atoms with Crippen LogP contribution >= 0.6 is 0 Å². The van der Waals surface area contributed by atoms with E-state index in [0.29, 0.717) is 6.10 Å². The van der Waals surface area contributed by atoms with Crippen LogP contribution in [0.4, 0.5) is 0 Å². The molecule has 2 rings (SSSR count). The Labute approximate surface area is 116 Å². The van der Waals surface area contributed by atoms with Crippen molar-refractivity contribution >= 4 is 0 Å². The Kier molecular flexibility index (Phi) is 5.37. The van der Waals surface area contributed by atoms with Crippen molar-refractivity contribution in [2.24, 2.45) is 5.73 Å². The van der Waals surface area contributed by atoms with E-state index in [9.17, 15) is 0 Å². The van der Waals surface area contributed by atoms with Crippen molar-refractivity contribution in [3.05, 3.63) is 35.4 Å². The van der Waals surface area contributed by atoms with Crippen molar-refractivity contribution in [2.45, 2.75) is 38.3 Å². The van der Waals surface area contributed by atoms with Crippen LogP contribution in [0.5, 0.6) is 0 Å². The number of rotatable bonds is 5. The summed E-state index contributed by atoms with van der Waals surface area (Å²) in [4.78, 5) is 2.45. The number of ether oxygens (including phenoxy) is 1. The highest BCUT2D eigenvalue weighted by Crippen LogP contribution is 2.18. The number of methoxy groups -OCH3 is 1. The molecule has 1 aliphatic heterocycles. The van der Waals surface area contributed by atoms with Crippen molar-refractivity contribution < 1.29 is 4.74 Å². The van der Waals surface area contributed by atoms with Crippen LogP contribution in [0.1, 0.15) is 36.9 Å². The maximum absolute atomic E-state index is 6.31. The minimum atomic E-state index is 0.116. The Morgan fingerprint density at radius 1 is 1.26 bits per heavy atom. The molecule has 19 heavy (non-hydrogen) atoms. The molecule has 0 spiro atoms. The molecular formula is C16H26N2O. The van der Waals surface area contributed by atoms with Gasteiger partial charge < -0.3 is 15.4 Å². The number of nitrogens with two attached hydrogens (primary N) is 1. The van der Waals surface area contributed by atoms with Gasteiger partial charge in [0.2, 0.25) is 0 Å². The predicted octanol–water partition coefficient (Wildman–Crippen LogP) is 2.36. The van der Waals surface area contributed by atoms with Gasteiger partial charge in [-0.2, -0.15) is 0 Å². The van der Waals surface area contributed by atoms with E-state index >= 15 is 0 Å². The molecule has 1 aromatic rings. The van der Waals surface area contributed by atoms with E-state index < -0.39 is 0 Å². The molecule has 3 heteroatoms. The van der Waals surface area contributed by atoms with Crippen molar-refractivity contribution in [1.82, 2.24) is 4.90 Å². The van der Waals surface area contributed by atoms with Crippen LogP contribution in [0.25, 0.3) is 0 Å². The van der Waals surface area contributed by atoms with E-state index in [1.807, 2.05) is 0 Å². The minimum absolute atomic E-state index is 0.116. The highest BCUT2D eigenvalue weighted by Gasteiger charge is 2.20. The van der Waals surface area contributed by atoms with Crippen molar-refractivity contribution in [2.75, 3.05) is 26.7 Å². The van der Waals surface area contributed by atoms with Gasteiger partial charge in [0.15, 0.2) is 0 Å². The van der Waals surface area contributed by atoms with Crippen LogP contribution in [0, 0.1) is 0 Å². The topological polar surface area (TPSA) is 38.5 Å². The van der Waals surface area contributed by atoms with Crippen LogP contribution in [0.15, 0.2) is 24.3 Å². The first-order valence-corrected chi connectivity index (χ1v) is 7.32. The summed E-state index contributed by atoms with van der Waals surface area (Å²) >= 11 is 0. The second-order valence-corrected chi connectivity index (χ2v) is 5.44. The highest BCUT2D eigenvalue weighted by molar-refractivity contribution is 5.25. The second kappa shape index (κ2) is 7.04. The first-order valence-electron chi connectivity index (χ1n) is 7.32. The Bertz CT molecular complexity index is 369. The van der Waals surface area contributed by atoms with Crippen molar-refractivity contribution in [3.63, 3.8) is 0 Å². The summed E-state index contributed by atoms with van der Waals surface area (Å²) in [5.41, 5.74) is 8.93. The summed E-state index contributed by atoms with van der Waals surface area (Å²) in [6.07, 6.45) is 3.77. The third-order valence-electron chi connectivity index (χ3n) is 4.14. The van der Waals surface area contributed by atoms with Crippen LogP contribution in [-0.2, 0) is 11.2 Å². The zero-order valence-corrected chi connectivity index (χ0v) is 12.1. The van der Waals surface area contributed by atoms with Gasteiger partial charge in [0.05, 0.1) is 6.10 Å². The monoisotopic (exact) mass is 262 g/mol. The SMILES string of the molecule is CCc1ccc(C(N)CN2CCC(OC)CC2)cc1. The standard InChI is InChI=1S/C16H26N2O/c1-3-13-4-6-14(7-5-13)16(17)12-18-10-8-15(19-2)9-11-18/h4-7,15-16H,3,8-12,17H2,1-2H3. The van der Waals surface area contributed by atoms with E-state index in [4.69, 9.17) is 10.5 Å². The molecule has 106 valence electrons. The van der Waals surface area contributed by atoms with Gasteiger partial charge in [0, 0.05) is 32.8 Å². The molecule has 1 aromatic carbocycles. The summed E-state index contributed by atoms with van der Waals surface area (Å²) in [6.45, 7) is 5.31. The molecule has 2 N–H and O–H groups in total. The molecule has 0 amide bonds. The van der Waals surface area contributed by atoms with Crippen LogP contribution in [0.3, 0.4) is 0 Å². The van der Waals surface area contributed by atoms with Crippen LogP contribution in [0.2, 0.25) is 0 Å². The number of hydrogen-bond donors (Lipinski definition) is 1. The lowest BCUT2D eigenvalue weighted by Gasteiger charge is -2.32. The normalized spacial score (nSPS) is 19.5. The molecule has 1 atom stereocenters. The van der Waals surface area contributed by atoms with Gasteiger partial charge in [0.25, 0.3) is 0 Å². The maximum atomic E-state index is 6.31. The van der Waals surface area contributed by atoms with Crippen LogP contribution in [-0.4, -0.2) is 37.7 Å². The van der Waals surface area contributed by atoms with E-state index in [2.05, 4.69) is 36.1 Å². The fourth-order valence-corrected chi connectivity index (χ4v) is 2.71. The number of hydrogen-bond acceptors (Lipinski definition) is 3. The van der Waals surface area contributed by atoms with Gasteiger partial charge in [-0.1, -0.05) is 31.2 Å². The molecule has 1 aliphatic rings. The summed E-state index contributed by atoms with van der Waals surface area (Å²) in [5.74, 6) is 0. The molecule has 1 fully saturated rings.